The van der Waals surface area contributed by atoms with E-state index in [2.05, 4.69) is 0 Å². The maximum Gasteiger partial charge on any atom is 0.170 e. The van der Waals surface area contributed by atoms with Crippen LogP contribution >= 0.6 is 0 Å². The summed E-state index contributed by atoms with van der Waals surface area (Å²) in [5.41, 5.74) is 3.18. The minimum atomic E-state index is -0.638. The van der Waals surface area contributed by atoms with Gasteiger partial charge in [0.05, 0.1) is 12.0 Å². The molecule has 0 aromatic heterocycles. The number of rotatable bonds is 3. The summed E-state index contributed by atoms with van der Waals surface area (Å²) in [6.07, 6.45) is -0.201. The number of Topliss-reactive ketones (excluding diaryl/α,β-unsaturated/α-hetero) is 1. The number of aliphatic hydroxyl groups is 1. The molecule has 3 aromatic carbocycles. The van der Waals surface area contributed by atoms with Gasteiger partial charge in [-0.1, -0.05) is 66.7 Å². The zero-order chi connectivity index (χ0) is 18.1. The number of carbonyl (C=O) groups is 1. The number of carbonyl (C=O) groups excluding carboxylic acids is 1. The second-order valence-corrected chi connectivity index (χ2v) is 6.75. The van der Waals surface area contributed by atoms with Crippen LogP contribution in [0.3, 0.4) is 0 Å². The molecule has 0 amide bonds. The second kappa shape index (κ2) is 6.85. The third-order valence-electron chi connectivity index (χ3n) is 5.21. The predicted octanol–water partition coefficient (Wildman–Crippen LogP) is 5.01. The smallest absolute Gasteiger partial charge is 0.170 e. The lowest BCUT2D eigenvalue weighted by Gasteiger charge is -2.36. The Kier molecular flexibility index (Phi) is 4.39. The maximum absolute atomic E-state index is 13.4. The highest BCUT2D eigenvalue weighted by Crippen LogP contribution is 2.47. The lowest BCUT2D eigenvalue weighted by atomic mass is 9.68. The number of halogens is 1. The number of hydrogen-bond acceptors (Lipinski definition) is 2. The normalized spacial score (nSPS) is 21.8. The molecule has 1 N–H and O–H groups in total. The molecule has 0 fully saturated rings. The van der Waals surface area contributed by atoms with Crippen molar-refractivity contribution in [1.29, 1.82) is 0 Å². The summed E-state index contributed by atoms with van der Waals surface area (Å²) >= 11 is 0. The Balaban J connectivity index is 1.84. The monoisotopic (exact) mass is 346 g/mol. The van der Waals surface area contributed by atoms with Gasteiger partial charge in [0, 0.05) is 11.5 Å². The number of hydrogen-bond donors (Lipinski definition) is 1. The molecule has 1 aliphatic rings. The van der Waals surface area contributed by atoms with Crippen molar-refractivity contribution in [2.75, 3.05) is 0 Å². The van der Waals surface area contributed by atoms with Crippen LogP contribution < -0.4 is 0 Å². The van der Waals surface area contributed by atoms with E-state index in [4.69, 9.17) is 0 Å². The average molecular weight is 346 g/mol. The zero-order valence-electron chi connectivity index (χ0n) is 14.2. The van der Waals surface area contributed by atoms with E-state index < -0.39 is 12.0 Å². The quantitative estimate of drug-likeness (QED) is 0.677. The molecule has 0 saturated heterocycles. The minimum absolute atomic E-state index is 0.0271. The van der Waals surface area contributed by atoms with E-state index in [1.807, 2.05) is 54.6 Å². The predicted molar refractivity (Wildman–Crippen MR) is 98.7 cm³/mol. The van der Waals surface area contributed by atoms with Gasteiger partial charge in [-0.2, -0.15) is 0 Å². The van der Waals surface area contributed by atoms with Gasteiger partial charge in [0.2, 0.25) is 0 Å². The minimum Gasteiger partial charge on any atom is -0.388 e. The van der Waals surface area contributed by atoms with Gasteiger partial charge in [-0.15, -0.1) is 0 Å². The van der Waals surface area contributed by atoms with Crippen molar-refractivity contribution in [3.05, 3.63) is 107 Å². The fraction of sp³-hybridized carbons (Fsp3) is 0.174. The molecular formula is C23H19FO2. The number of aliphatic hydroxyl groups excluding tert-OH is 1. The zero-order valence-corrected chi connectivity index (χ0v) is 14.2. The molecular weight excluding hydrogens is 327 g/mol. The van der Waals surface area contributed by atoms with E-state index >= 15 is 0 Å². The Morgan fingerprint density at radius 1 is 0.846 bits per heavy atom. The standard InChI is InChI=1S/C23H19FO2/c24-17-12-10-15(11-13-17)20-14-21(25)18-8-4-5-9-19(18)22(20)23(26)16-6-2-1-3-7-16/h1-13,20-22,25H,14H2/t20-,21+,22+/m1/s1. The Morgan fingerprint density at radius 2 is 1.46 bits per heavy atom. The Labute approximate surface area is 151 Å². The van der Waals surface area contributed by atoms with Crippen LogP contribution in [0.1, 0.15) is 51.4 Å². The Morgan fingerprint density at radius 3 is 2.15 bits per heavy atom. The summed E-state index contributed by atoms with van der Waals surface area (Å²) in [5.74, 6) is -0.883. The van der Waals surface area contributed by atoms with Crippen LogP contribution in [0, 0.1) is 5.82 Å². The molecule has 0 saturated carbocycles. The molecule has 3 atom stereocenters. The first-order chi connectivity index (χ1) is 12.6. The van der Waals surface area contributed by atoms with Gasteiger partial charge < -0.3 is 5.11 Å². The largest absolute Gasteiger partial charge is 0.388 e. The van der Waals surface area contributed by atoms with Crippen molar-refractivity contribution in [2.24, 2.45) is 0 Å². The molecule has 0 heterocycles. The molecule has 1 aliphatic carbocycles. The van der Waals surface area contributed by atoms with Gasteiger partial charge in [0.25, 0.3) is 0 Å². The molecule has 0 unspecified atom stereocenters. The SMILES string of the molecule is O=C(c1ccccc1)[C@H]1c2ccccc2[C@@H](O)C[C@@H]1c1ccc(F)cc1. The van der Waals surface area contributed by atoms with Gasteiger partial charge in [-0.25, -0.2) is 4.39 Å². The highest BCUT2D eigenvalue weighted by atomic mass is 19.1. The number of ketones is 1. The van der Waals surface area contributed by atoms with Gasteiger partial charge in [-0.3, -0.25) is 4.79 Å². The van der Waals surface area contributed by atoms with Crippen molar-refractivity contribution < 1.29 is 14.3 Å². The molecule has 4 rings (SSSR count). The van der Waals surface area contributed by atoms with Crippen LogP contribution in [0.25, 0.3) is 0 Å². The third-order valence-corrected chi connectivity index (χ3v) is 5.21. The van der Waals surface area contributed by atoms with Crippen LogP contribution in [0.5, 0.6) is 0 Å². The molecule has 0 aliphatic heterocycles. The fourth-order valence-corrected chi connectivity index (χ4v) is 3.96. The van der Waals surface area contributed by atoms with Crippen LogP contribution in [0.15, 0.2) is 78.9 Å². The Hall–Kier alpha value is -2.78. The Bertz CT molecular complexity index is 918. The fourth-order valence-electron chi connectivity index (χ4n) is 3.96. The topological polar surface area (TPSA) is 37.3 Å². The van der Waals surface area contributed by atoms with E-state index in [0.29, 0.717) is 12.0 Å². The molecule has 0 bridgehead atoms. The van der Waals surface area contributed by atoms with Crippen LogP contribution in [-0.4, -0.2) is 10.9 Å². The van der Waals surface area contributed by atoms with Gasteiger partial charge in [0.1, 0.15) is 5.82 Å². The van der Waals surface area contributed by atoms with E-state index in [0.717, 1.165) is 16.7 Å². The molecule has 0 spiro atoms. The first kappa shape index (κ1) is 16.7. The lowest BCUT2D eigenvalue weighted by Crippen LogP contribution is -2.28. The summed E-state index contributed by atoms with van der Waals surface area (Å²) in [6, 6.07) is 23.0. The van der Waals surface area contributed by atoms with E-state index in [9.17, 15) is 14.3 Å². The summed E-state index contributed by atoms with van der Waals surface area (Å²) in [6.45, 7) is 0. The summed E-state index contributed by atoms with van der Waals surface area (Å²) in [4.78, 5) is 13.4. The summed E-state index contributed by atoms with van der Waals surface area (Å²) in [5, 5.41) is 10.6. The van der Waals surface area contributed by atoms with E-state index in [1.54, 1.807) is 12.1 Å². The molecule has 0 radical (unpaired) electrons. The maximum atomic E-state index is 13.4. The first-order valence-electron chi connectivity index (χ1n) is 8.77. The third kappa shape index (κ3) is 2.95. The second-order valence-electron chi connectivity index (χ2n) is 6.75. The van der Waals surface area contributed by atoms with E-state index in [1.165, 1.54) is 12.1 Å². The molecule has 3 heteroatoms. The van der Waals surface area contributed by atoms with Crippen molar-refractivity contribution in [3.63, 3.8) is 0 Å². The van der Waals surface area contributed by atoms with Crippen LogP contribution in [-0.2, 0) is 0 Å². The van der Waals surface area contributed by atoms with Gasteiger partial charge in [0.15, 0.2) is 5.78 Å². The molecule has 2 nitrogen and oxygen atoms in total. The highest BCUT2D eigenvalue weighted by molar-refractivity contribution is 6.02. The van der Waals surface area contributed by atoms with Gasteiger partial charge >= 0.3 is 0 Å². The summed E-state index contributed by atoms with van der Waals surface area (Å²) in [7, 11) is 0. The average Bonchev–Trinajstić information content (AvgIpc) is 2.69. The lowest BCUT2D eigenvalue weighted by molar-refractivity contribution is 0.0892. The first-order valence-corrected chi connectivity index (χ1v) is 8.77. The van der Waals surface area contributed by atoms with E-state index in [-0.39, 0.29) is 17.5 Å². The number of benzene rings is 3. The van der Waals surface area contributed by atoms with Crippen molar-refractivity contribution in [1.82, 2.24) is 0 Å². The van der Waals surface area contributed by atoms with Crippen molar-refractivity contribution in [3.8, 4) is 0 Å². The van der Waals surface area contributed by atoms with Gasteiger partial charge in [-0.05, 0) is 35.2 Å². The molecule has 3 aromatic rings. The molecule has 26 heavy (non-hydrogen) atoms. The van der Waals surface area contributed by atoms with Crippen molar-refractivity contribution in [2.45, 2.75) is 24.4 Å². The summed E-state index contributed by atoms with van der Waals surface area (Å²) < 4.78 is 13.4. The van der Waals surface area contributed by atoms with Crippen LogP contribution in [0.2, 0.25) is 0 Å². The van der Waals surface area contributed by atoms with Crippen LogP contribution in [0.4, 0.5) is 4.39 Å². The van der Waals surface area contributed by atoms with Crippen molar-refractivity contribution >= 4 is 5.78 Å². The molecule has 130 valence electrons. The highest BCUT2D eigenvalue weighted by Gasteiger charge is 2.39. The number of fused-ring (bicyclic) bond motifs is 1.